The van der Waals surface area contributed by atoms with Crippen LogP contribution in [0.5, 0.6) is 0 Å². The number of fused-ring (bicyclic) bond motifs is 9. The first kappa shape index (κ1) is 30.3. The van der Waals surface area contributed by atoms with Crippen LogP contribution in [0, 0.1) is 11.3 Å². The summed E-state index contributed by atoms with van der Waals surface area (Å²) in [7, 11) is 0. The van der Waals surface area contributed by atoms with Gasteiger partial charge in [-0.05, 0) is 74.8 Å². The van der Waals surface area contributed by atoms with Gasteiger partial charge < -0.3 is 0 Å². The molecule has 0 unspecified atom stereocenters. The number of nitrogens with zero attached hydrogens (tertiary/aromatic N) is 3. The van der Waals surface area contributed by atoms with Gasteiger partial charge in [0.25, 0.3) is 0 Å². The van der Waals surface area contributed by atoms with E-state index >= 15 is 0 Å². The topological polar surface area (TPSA) is 49.6 Å². The fourth-order valence-corrected chi connectivity index (χ4v) is 9.47. The number of aromatic nitrogens is 2. The predicted octanol–water partition coefficient (Wildman–Crippen LogP) is 11.8. The predicted molar refractivity (Wildman–Crippen MR) is 210 cm³/mol. The molecule has 0 saturated carbocycles. The van der Waals surface area contributed by atoms with E-state index in [1.165, 1.54) is 43.2 Å². The van der Waals surface area contributed by atoms with E-state index in [0.717, 1.165) is 39.2 Å². The summed E-state index contributed by atoms with van der Waals surface area (Å²) in [6, 6.07) is 64.2. The molecule has 0 saturated heterocycles. The highest BCUT2D eigenvalue weighted by Gasteiger charge is 2.50. The van der Waals surface area contributed by atoms with Crippen molar-refractivity contribution in [2.24, 2.45) is 0 Å². The lowest BCUT2D eigenvalue weighted by Crippen LogP contribution is -2.32. The molecule has 1 spiro atoms. The normalized spacial score (nSPS) is 13.1. The van der Waals surface area contributed by atoms with Gasteiger partial charge >= 0.3 is 0 Å². The highest BCUT2D eigenvalue weighted by molar-refractivity contribution is 7.99. The Morgan fingerprint density at radius 1 is 0.442 bits per heavy atom. The second-order valence-corrected chi connectivity index (χ2v) is 14.3. The van der Waals surface area contributed by atoms with Gasteiger partial charge in [-0.3, -0.25) is 0 Å². The Labute approximate surface area is 307 Å². The third-order valence-electron chi connectivity index (χ3n) is 10.4. The minimum absolute atomic E-state index is 0.467. The Balaban J connectivity index is 1.22. The molecule has 0 bridgehead atoms. The van der Waals surface area contributed by atoms with Gasteiger partial charge in [0.1, 0.15) is 0 Å². The van der Waals surface area contributed by atoms with Crippen molar-refractivity contribution in [3.63, 3.8) is 0 Å². The van der Waals surface area contributed by atoms with E-state index < -0.39 is 5.41 Å². The van der Waals surface area contributed by atoms with E-state index in [1.54, 1.807) is 0 Å². The van der Waals surface area contributed by atoms with Gasteiger partial charge in [-0.2, -0.15) is 5.26 Å². The summed E-state index contributed by atoms with van der Waals surface area (Å²) < 4.78 is 0. The van der Waals surface area contributed by atoms with Crippen LogP contribution in [0.2, 0.25) is 0 Å². The quantitative estimate of drug-likeness (QED) is 0.186. The molecule has 0 amide bonds. The standard InChI is InChI=1S/C48H29N3S/c49-30-31-13-10-16-33(27-31)34-17-11-18-35(28-34)43-29-44(51-47(50-43)32-14-2-1-3-15-32)38-21-12-25-42-46(38)52-45-26-9-8-24-41(45)48(42)39-22-6-4-19-36(39)37-20-5-7-23-40(37)48/h1-29H. The average Bonchev–Trinajstić information content (AvgIpc) is 3.51. The molecule has 0 atom stereocenters. The zero-order chi connectivity index (χ0) is 34.6. The smallest absolute Gasteiger partial charge is 0.160 e. The van der Waals surface area contributed by atoms with Crippen LogP contribution in [0.1, 0.15) is 27.8 Å². The lowest BCUT2D eigenvalue weighted by atomic mass is 9.67. The van der Waals surface area contributed by atoms with Gasteiger partial charge in [-0.1, -0.05) is 157 Å². The first-order valence-electron chi connectivity index (χ1n) is 17.4. The van der Waals surface area contributed by atoms with E-state index in [2.05, 4.69) is 140 Å². The molecule has 0 fully saturated rings. The summed E-state index contributed by atoms with van der Waals surface area (Å²) in [5.41, 5.74) is 14.7. The van der Waals surface area contributed by atoms with Crippen molar-refractivity contribution in [2.45, 2.75) is 15.2 Å². The molecule has 1 aliphatic heterocycles. The van der Waals surface area contributed by atoms with Crippen LogP contribution >= 0.6 is 11.8 Å². The molecule has 0 N–H and O–H groups in total. The first-order chi connectivity index (χ1) is 25.7. The molecule has 242 valence electrons. The van der Waals surface area contributed by atoms with Gasteiger partial charge in [0, 0.05) is 26.5 Å². The van der Waals surface area contributed by atoms with Gasteiger partial charge in [-0.15, -0.1) is 0 Å². The van der Waals surface area contributed by atoms with Crippen LogP contribution in [0.3, 0.4) is 0 Å². The molecule has 0 radical (unpaired) electrons. The molecule has 2 heterocycles. The van der Waals surface area contributed by atoms with Gasteiger partial charge in [0.2, 0.25) is 0 Å². The zero-order valence-corrected chi connectivity index (χ0v) is 28.8. The maximum absolute atomic E-state index is 9.55. The first-order valence-corrected chi connectivity index (χ1v) is 18.2. The van der Waals surface area contributed by atoms with Crippen LogP contribution < -0.4 is 0 Å². The molecule has 1 aliphatic carbocycles. The van der Waals surface area contributed by atoms with Gasteiger partial charge in [0.05, 0.1) is 28.4 Å². The molecule has 52 heavy (non-hydrogen) atoms. The van der Waals surface area contributed by atoms with Gasteiger partial charge in [-0.25, -0.2) is 9.97 Å². The van der Waals surface area contributed by atoms with Crippen LogP contribution in [0.15, 0.2) is 186 Å². The van der Waals surface area contributed by atoms with E-state index in [0.29, 0.717) is 11.4 Å². The summed E-state index contributed by atoms with van der Waals surface area (Å²) in [4.78, 5) is 12.9. The van der Waals surface area contributed by atoms with Crippen molar-refractivity contribution in [1.29, 1.82) is 5.26 Å². The number of nitriles is 1. The third kappa shape index (κ3) is 4.60. The van der Waals surface area contributed by atoms with E-state index in [1.807, 2.05) is 54.2 Å². The van der Waals surface area contributed by atoms with Crippen molar-refractivity contribution >= 4 is 11.8 Å². The fourth-order valence-electron chi connectivity index (χ4n) is 8.16. The maximum Gasteiger partial charge on any atom is 0.160 e. The summed E-state index contributed by atoms with van der Waals surface area (Å²) >= 11 is 1.83. The summed E-state index contributed by atoms with van der Waals surface area (Å²) in [6.07, 6.45) is 0. The van der Waals surface area contributed by atoms with E-state index in [4.69, 9.17) is 9.97 Å². The molecular formula is C48H29N3S. The lowest BCUT2D eigenvalue weighted by molar-refractivity contribution is 0.723. The molecule has 2 aliphatic rings. The summed E-state index contributed by atoms with van der Waals surface area (Å²) in [5.74, 6) is 0.676. The minimum Gasteiger partial charge on any atom is -0.228 e. The number of hydrogen-bond donors (Lipinski definition) is 0. The minimum atomic E-state index is -0.467. The lowest BCUT2D eigenvalue weighted by Gasteiger charge is -2.40. The van der Waals surface area contributed by atoms with Crippen molar-refractivity contribution < 1.29 is 0 Å². The number of benzene rings is 7. The maximum atomic E-state index is 9.55. The summed E-state index contributed by atoms with van der Waals surface area (Å²) in [6.45, 7) is 0. The monoisotopic (exact) mass is 679 g/mol. The number of rotatable bonds is 4. The molecule has 7 aromatic carbocycles. The van der Waals surface area contributed by atoms with Crippen molar-refractivity contribution in [1.82, 2.24) is 9.97 Å². The molecule has 4 heteroatoms. The highest BCUT2D eigenvalue weighted by atomic mass is 32.2. The number of hydrogen-bond acceptors (Lipinski definition) is 4. The third-order valence-corrected chi connectivity index (χ3v) is 11.6. The Kier molecular flexibility index (Phi) is 7.02. The van der Waals surface area contributed by atoms with Crippen LogP contribution in [-0.4, -0.2) is 9.97 Å². The van der Waals surface area contributed by atoms with Crippen LogP contribution in [-0.2, 0) is 5.41 Å². The summed E-state index contributed by atoms with van der Waals surface area (Å²) in [5, 5.41) is 9.55. The van der Waals surface area contributed by atoms with Crippen molar-refractivity contribution in [2.75, 3.05) is 0 Å². The van der Waals surface area contributed by atoms with Crippen LogP contribution in [0.25, 0.3) is 56.2 Å². The molecule has 1 aromatic heterocycles. The van der Waals surface area contributed by atoms with E-state index in [9.17, 15) is 5.26 Å². The molecule has 3 nitrogen and oxygen atoms in total. The van der Waals surface area contributed by atoms with Gasteiger partial charge in [0.15, 0.2) is 5.82 Å². The highest BCUT2D eigenvalue weighted by Crippen LogP contribution is 2.63. The Hall–Kier alpha value is -6.54. The van der Waals surface area contributed by atoms with Crippen LogP contribution in [0.4, 0.5) is 0 Å². The Morgan fingerprint density at radius 3 is 1.77 bits per heavy atom. The Morgan fingerprint density at radius 2 is 1.00 bits per heavy atom. The van der Waals surface area contributed by atoms with Crippen molar-refractivity contribution in [3.05, 3.63) is 204 Å². The van der Waals surface area contributed by atoms with Crippen molar-refractivity contribution in [3.8, 4) is 62.2 Å². The average molecular weight is 680 g/mol. The van der Waals surface area contributed by atoms with E-state index in [-0.39, 0.29) is 0 Å². The SMILES string of the molecule is N#Cc1cccc(-c2cccc(-c3cc(-c4cccc5c4Sc4ccccc4C54c5ccccc5-c5ccccc54)nc(-c4ccccc4)n3)c2)c1. The molecule has 10 rings (SSSR count). The largest absolute Gasteiger partial charge is 0.228 e. The Bertz CT molecular complexity index is 2700. The second-order valence-electron chi connectivity index (χ2n) is 13.2. The molecular weight excluding hydrogens is 651 g/mol. The molecule has 8 aromatic rings. The zero-order valence-electron chi connectivity index (χ0n) is 28.0. The second kappa shape index (κ2) is 12.1. The fraction of sp³-hybridized carbons (Fsp3) is 0.0208.